The molecular formula is C15H20N4O2Si. The fourth-order valence-corrected chi connectivity index (χ4v) is 3.12. The summed E-state index contributed by atoms with van der Waals surface area (Å²) < 4.78 is 7.49. The second kappa shape index (κ2) is 5.66. The molecule has 0 bridgehead atoms. The van der Waals surface area contributed by atoms with Crippen LogP contribution < -0.4 is 5.56 Å². The van der Waals surface area contributed by atoms with E-state index in [0.29, 0.717) is 17.6 Å². The molecule has 22 heavy (non-hydrogen) atoms. The first kappa shape index (κ1) is 14.9. The van der Waals surface area contributed by atoms with Crippen molar-refractivity contribution in [1.29, 1.82) is 0 Å². The lowest BCUT2D eigenvalue weighted by Crippen LogP contribution is -2.22. The summed E-state index contributed by atoms with van der Waals surface area (Å²) in [5, 5.41) is 13.3. The molecule has 0 spiro atoms. The van der Waals surface area contributed by atoms with Crippen molar-refractivity contribution in [2.75, 3.05) is 6.61 Å². The number of hydrogen-bond donors (Lipinski definition) is 1. The SMILES string of the molecule is C[Si](C)(C)CCOCn1cc2ccc3c(=O)[nH]ncc(n1)c23. The van der Waals surface area contributed by atoms with Gasteiger partial charge in [-0.05, 0) is 12.1 Å². The van der Waals surface area contributed by atoms with Crippen LogP contribution >= 0.6 is 0 Å². The highest BCUT2D eigenvalue weighted by Gasteiger charge is 2.12. The molecule has 1 aromatic carbocycles. The molecule has 0 saturated heterocycles. The largest absolute Gasteiger partial charge is 0.360 e. The fourth-order valence-electron chi connectivity index (χ4n) is 2.36. The molecule has 0 aliphatic carbocycles. The molecule has 2 aromatic heterocycles. The van der Waals surface area contributed by atoms with Crippen molar-refractivity contribution < 1.29 is 4.74 Å². The quantitative estimate of drug-likeness (QED) is 0.580. The van der Waals surface area contributed by atoms with Gasteiger partial charge in [0.15, 0.2) is 0 Å². The normalized spacial score (nSPS) is 12.3. The van der Waals surface area contributed by atoms with Crippen molar-refractivity contribution in [3.63, 3.8) is 0 Å². The average Bonchev–Trinajstić information content (AvgIpc) is 2.79. The first-order chi connectivity index (χ1) is 10.4. The third-order valence-corrected chi connectivity index (χ3v) is 5.29. The molecule has 0 unspecified atom stereocenters. The Morgan fingerprint density at radius 2 is 2.14 bits per heavy atom. The minimum Gasteiger partial charge on any atom is -0.360 e. The van der Waals surface area contributed by atoms with Crippen LogP contribution in [0.25, 0.3) is 21.7 Å². The van der Waals surface area contributed by atoms with E-state index in [9.17, 15) is 4.79 Å². The van der Waals surface area contributed by atoms with Crippen LogP contribution in [0.2, 0.25) is 25.7 Å². The van der Waals surface area contributed by atoms with E-state index >= 15 is 0 Å². The zero-order chi connectivity index (χ0) is 15.7. The number of ether oxygens (including phenoxy) is 1. The lowest BCUT2D eigenvalue weighted by atomic mass is 10.2. The smallest absolute Gasteiger partial charge is 0.272 e. The highest BCUT2D eigenvalue weighted by molar-refractivity contribution is 6.76. The van der Waals surface area contributed by atoms with E-state index in [1.165, 1.54) is 0 Å². The summed E-state index contributed by atoms with van der Waals surface area (Å²) in [7, 11) is -1.08. The predicted molar refractivity (Wildman–Crippen MR) is 89.8 cm³/mol. The Labute approximate surface area is 129 Å². The van der Waals surface area contributed by atoms with Crippen LogP contribution in [0.5, 0.6) is 0 Å². The van der Waals surface area contributed by atoms with Gasteiger partial charge in [-0.25, -0.2) is 9.78 Å². The van der Waals surface area contributed by atoms with Crippen molar-refractivity contribution in [2.45, 2.75) is 32.4 Å². The van der Waals surface area contributed by atoms with Crippen LogP contribution in [0.15, 0.2) is 29.3 Å². The van der Waals surface area contributed by atoms with Gasteiger partial charge < -0.3 is 4.74 Å². The molecule has 0 fully saturated rings. The van der Waals surface area contributed by atoms with Crippen LogP contribution in [0.4, 0.5) is 0 Å². The first-order valence-electron chi connectivity index (χ1n) is 7.35. The van der Waals surface area contributed by atoms with Crippen LogP contribution in [-0.4, -0.2) is 34.7 Å². The molecule has 0 amide bonds. The molecule has 0 aliphatic heterocycles. The highest BCUT2D eigenvalue weighted by atomic mass is 28.3. The third kappa shape index (κ3) is 3.10. The Balaban J connectivity index is 1.87. The predicted octanol–water partition coefficient (Wildman–Crippen LogP) is 2.59. The summed E-state index contributed by atoms with van der Waals surface area (Å²) in [6.07, 6.45) is 3.48. The molecule has 0 saturated carbocycles. The summed E-state index contributed by atoms with van der Waals surface area (Å²) in [6.45, 7) is 8.13. The van der Waals surface area contributed by atoms with Crippen LogP contribution in [0.3, 0.4) is 0 Å². The molecule has 2 heterocycles. The molecule has 116 valence electrons. The standard InChI is InChI=1S/C15H20N4O2Si/c1-22(2,3)7-6-21-10-19-9-11-4-5-12-14(11)13(18-19)8-16-17-15(12)20/h4-5,8-9H,6-7,10H2,1-3H3,(H,17,20). The molecule has 3 aromatic rings. The first-order valence-corrected chi connectivity index (χ1v) is 11.1. The van der Waals surface area contributed by atoms with E-state index in [1.807, 2.05) is 12.3 Å². The highest BCUT2D eigenvalue weighted by Crippen LogP contribution is 2.22. The van der Waals surface area contributed by atoms with Crippen molar-refractivity contribution in [3.05, 3.63) is 34.9 Å². The molecule has 6 nitrogen and oxygen atoms in total. The number of nitrogens with one attached hydrogen (secondary N) is 1. The number of aromatic amines is 1. The molecule has 3 rings (SSSR count). The third-order valence-electron chi connectivity index (χ3n) is 3.59. The maximum atomic E-state index is 11.9. The lowest BCUT2D eigenvalue weighted by molar-refractivity contribution is 0.0784. The molecular weight excluding hydrogens is 296 g/mol. The van der Waals surface area contributed by atoms with Crippen LogP contribution in [0, 0.1) is 0 Å². The molecule has 7 heteroatoms. The van der Waals surface area contributed by atoms with Gasteiger partial charge in [-0.15, -0.1) is 0 Å². The van der Waals surface area contributed by atoms with E-state index in [1.54, 1.807) is 16.9 Å². The topological polar surface area (TPSA) is 72.8 Å². The van der Waals surface area contributed by atoms with Gasteiger partial charge in [-0.1, -0.05) is 25.7 Å². The van der Waals surface area contributed by atoms with Gasteiger partial charge in [0.25, 0.3) is 5.56 Å². The van der Waals surface area contributed by atoms with Crippen LogP contribution in [0.1, 0.15) is 0 Å². The maximum absolute atomic E-state index is 11.9. The Morgan fingerprint density at radius 3 is 2.91 bits per heavy atom. The number of aromatic nitrogens is 4. The maximum Gasteiger partial charge on any atom is 0.272 e. The monoisotopic (exact) mass is 316 g/mol. The second-order valence-corrected chi connectivity index (χ2v) is 12.3. The Kier molecular flexibility index (Phi) is 3.84. The van der Waals surface area contributed by atoms with Gasteiger partial charge >= 0.3 is 0 Å². The minimum absolute atomic E-state index is 0.198. The van der Waals surface area contributed by atoms with Gasteiger partial charge in [0.2, 0.25) is 0 Å². The number of nitrogens with zero attached hydrogens (tertiary/aromatic N) is 3. The van der Waals surface area contributed by atoms with Crippen molar-refractivity contribution in [1.82, 2.24) is 20.0 Å². The molecule has 0 aliphatic rings. The van der Waals surface area contributed by atoms with Crippen molar-refractivity contribution in [2.24, 2.45) is 0 Å². The van der Waals surface area contributed by atoms with E-state index in [0.717, 1.165) is 23.4 Å². The molecule has 0 atom stereocenters. The van der Waals surface area contributed by atoms with Gasteiger partial charge in [0, 0.05) is 31.7 Å². The summed E-state index contributed by atoms with van der Waals surface area (Å²) in [5.74, 6) is 0. The van der Waals surface area contributed by atoms with Gasteiger partial charge in [-0.2, -0.15) is 10.2 Å². The number of H-pyrrole nitrogens is 1. The minimum atomic E-state index is -1.08. The number of rotatable bonds is 5. The van der Waals surface area contributed by atoms with Gasteiger partial charge in [0.1, 0.15) is 12.2 Å². The lowest BCUT2D eigenvalue weighted by Gasteiger charge is -2.15. The summed E-state index contributed by atoms with van der Waals surface area (Å²) in [5.41, 5.74) is 0.487. The van der Waals surface area contributed by atoms with Gasteiger partial charge in [-0.3, -0.25) is 4.79 Å². The Hall–Kier alpha value is -1.99. The van der Waals surface area contributed by atoms with Crippen LogP contribution in [-0.2, 0) is 11.5 Å². The van der Waals surface area contributed by atoms with E-state index in [4.69, 9.17) is 4.74 Å². The summed E-state index contributed by atoms with van der Waals surface area (Å²) in [4.78, 5) is 11.9. The second-order valence-electron chi connectivity index (χ2n) is 6.68. The average molecular weight is 316 g/mol. The zero-order valence-corrected chi connectivity index (χ0v) is 14.1. The number of hydrogen-bond acceptors (Lipinski definition) is 4. The Bertz CT molecular complexity index is 863. The molecule has 0 radical (unpaired) electrons. The van der Waals surface area contributed by atoms with Gasteiger partial charge in [0.05, 0.1) is 11.6 Å². The van der Waals surface area contributed by atoms with E-state index < -0.39 is 8.07 Å². The van der Waals surface area contributed by atoms with E-state index in [2.05, 4.69) is 34.9 Å². The summed E-state index contributed by atoms with van der Waals surface area (Å²) in [6, 6.07) is 4.85. The van der Waals surface area contributed by atoms with E-state index in [-0.39, 0.29) is 5.56 Å². The van der Waals surface area contributed by atoms with Crippen molar-refractivity contribution >= 4 is 29.7 Å². The zero-order valence-electron chi connectivity index (χ0n) is 13.1. The fraction of sp³-hybridized carbons (Fsp3) is 0.400. The van der Waals surface area contributed by atoms with Crippen molar-refractivity contribution in [3.8, 4) is 0 Å². The Morgan fingerprint density at radius 1 is 1.32 bits per heavy atom. The molecule has 1 N–H and O–H groups in total. The summed E-state index contributed by atoms with van der Waals surface area (Å²) >= 11 is 0.